The highest BCUT2D eigenvalue weighted by Gasteiger charge is 2.40. The molecule has 0 aromatic carbocycles. The fourth-order valence-corrected chi connectivity index (χ4v) is 3.25. The normalized spacial score (nSPS) is 15.3. The molecule has 5 nitrogen and oxygen atoms in total. The third-order valence-electron chi connectivity index (χ3n) is 4.13. The molecule has 1 saturated carbocycles. The minimum Gasteiger partial charge on any atom is -0.396 e. The lowest BCUT2D eigenvalue weighted by molar-refractivity contribution is 0.0958. The SMILES string of the molecule is CCCNC(=O)c1sc(NCC2(CC)CC2)c(C#N)c1N. The van der Waals surface area contributed by atoms with Crippen molar-refractivity contribution in [2.45, 2.75) is 39.5 Å². The first-order valence-corrected chi connectivity index (χ1v) is 8.23. The van der Waals surface area contributed by atoms with Crippen molar-refractivity contribution in [3.63, 3.8) is 0 Å². The molecule has 1 heterocycles. The maximum Gasteiger partial charge on any atom is 0.263 e. The molecule has 1 aromatic rings. The van der Waals surface area contributed by atoms with Crippen LogP contribution >= 0.6 is 11.3 Å². The summed E-state index contributed by atoms with van der Waals surface area (Å²) >= 11 is 1.28. The summed E-state index contributed by atoms with van der Waals surface area (Å²) < 4.78 is 0. The van der Waals surface area contributed by atoms with Crippen LogP contribution in [0, 0.1) is 16.7 Å². The van der Waals surface area contributed by atoms with E-state index in [-0.39, 0.29) is 5.91 Å². The molecule has 21 heavy (non-hydrogen) atoms. The molecule has 0 bridgehead atoms. The van der Waals surface area contributed by atoms with Gasteiger partial charge in [0.05, 0.1) is 5.69 Å². The Balaban J connectivity index is 2.14. The molecule has 1 aliphatic rings. The van der Waals surface area contributed by atoms with Crippen LogP contribution in [0.5, 0.6) is 0 Å². The topological polar surface area (TPSA) is 90.9 Å². The molecular formula is C15H22N4OS. The van der Waals surface area contributed by atoms with Gasteiger partial charge in [0.25, 0.3) is 5.91 Å². The molecule has 0 unspecified atom stereocenters. The third kappa shape index (κ3) is 3.30. The van der Waals surface area contributed by atoms with Crippen molar-refractivity contribution in [1.82, 2.24) is 5.32 Å². The van der Waals surface area contributed by atoms with E-state index >= 15 is 0 Å². The molecule has 114 valence electrons. The lowest BCUT2D eigenvalue weighted by Gasteiger charge is -2.13. The van der Waals surface area contributed by atoms with Crippen molar-refractivity contribution in [3.8, 4) is 6.07 Å². The second-order valence-corrected chi connectivity index (χ2v) is 6.64. The monoisotopic (exact) mass is 306 g/mol. The predicted octanol–water partition coefficient (Wildman–Crippen LogP) is 2.94. The van der Waals surface area contributed by atoms with E-state index in [4.69, 9.17) is 5.73 Å². The van der Waals surface area contributed by atoms with Crippen LogP contribution in [0.15, 0.2) is 0 Å². The van der Waals surface area contributed by atoms with Gasteiger partial charge in [-0.3, -0.25) is 4.79 Å². The van der Waals surface area contributed by atoms with Gasteiger partial charge in [-0.1, -0.05) is 13.8 Å². The van der Waals surface area contributed by atoms with Gasteiger partial charge in [0.1, 0.15) is 21.5 Å². The molecule has 1 aliphatic carbocycles. The summed E-state index contributed by atoms with van der Waals surface area (Å²) in [5.41, 5.74) is 7.02. The molecule has 1 amide bonds. The summed E-state index contributed by atoms with van der Waals surface area (Å²) in [6, 6.07) is 2.11. The molecule has 4 N–H and O–H groups in total. The Morgan fingerprint density at radius 3 is 2.71 bits per heavy atom. The van der Waals surface area contributed by atoms with Gasteiger partial charge < -0.3 is 16.4 Å². The van der Waals surface area contributed by atoms with Gasteiger partial charge in [-0.25, -0.2) is 0 Å². The van der Waals surface area contributed by atoms with Crippen LogP contribution < -0.4 is 16.4 Å². The zero-order chi connectivity index (χ0) is 15.5. The number of carbonyl (C=O) groups is 1. The number of nitrogens with two attached hydrogens (primary N) is 1. The first-order chi connectivity index (χ1) is 10.1. The van der Waals surface area contributed by atoms with Crippen LogP contribution in [0.1, 0.15) is 54.8 Å². The molecule has 0 aliphatic heterocycles. The summed E-state index contributed by atoms with van der Waals surface area (Å²) in [5.74, 6) is -0.194. The highest BCUT2D eigenvalue weighted by molar-refractivity contribution is 7.18. The van der Waals surface area contributed by atoms with E-state index in [1.54, 1.807) is 0 Å². The maximum atomic E-state index is 12.1. The molecule has 1 fully saturated rings. The summed E-state index contributed by atoms with van der Waals surface area (Å²) in [7, 11) is 0. The standard InChI is InChI=1S/C15H22N4OS/c1-3-7-18-13(20)12-11(17)10(8-16)14(21-12)19-9-15(4-2)5-6-15/h19H,3-7,9,17H2,1-2H3,(H,18,20). The van der Waals surface area contributed by atoms with E-state index in [0.29, 0.717) is 28.1 Å². The second kappa shape index (κ2) is 6.35. The minimum absolute atomic E-state index is 0.194. The Kier molecular flexibility index (Phi) is 4.73. The number of nitrogens with one attached hydrogen (secondary N) is 2. The van der Waals surface area contributed by atoms with E-state index in [0.717, 1.165) is 24.4 Å². The van der Waals surface area contributed by atoms with Crippen LogP contribution in [0.3, 0.4) is 0 Å². The lowest BCUT2D eigenvalue weighted by atomic mass is 10.0. The van der Waals surface area contributed by atoms with Crippen molar-refractivity contribution >= 4 is 27.9 Å². The van der Waals surface area contributed by atoms with Crippen LogP contribution in [-0.2, 0) is 0 Å². The highest BCUT2D eigenvalue weighted by atomic mass is 32.1. The fourth-order valence-electron chi connectivity index (χ4n) is 2.27. The van der Waals surface area contributed by atoms with E-state index in [1.165, 1.54) is 24.2 Å². The first-order valence-electron chi connectivity index (χ1n) is 7.41. The summed E-state index contributed by atoms with van der Waals surface area (Å²) in [5, 5.41) is 16.1. The second-order valence-electron chi connectivity index (χ2n) is 5.62. The number of nitrogens with zero attached hydrogens (tertiary/aromatic N) is 1. The first kappa shape index (κ1) is 15.6. The number of nitriles is 1. The quantitative estimate of drug-likeness (QED) is 0.722. The molecule has 0 atom stereocenters. The van der Waals surface area contributed by atoms with Crippen LogP contribution in [0.4, 0.5) is 10.7 Å². The van der Waals surface area contributed by atoms with Crippen molar-refractivity contribution in [1.29, 1.82) is 5.26 Å². The molecular weight excluding hydrogens is 284 g/mol. The summed E-state index contributed by atoms with van der Waals surface area (Å²) in [6.45, 7) is 5.63. The molecule has 2 rings (SSSR count). The lowest BCUT2D eigenvalue weighted by Crippen LogP contribution is -2.23. The van der Waals surface area contributed by atoms with E-state index in [9.17, 15) is 10.1 Å². The largest absolute Gasteiger partial charge is 0.396 e. The molecule has 6 heteroatoms. The van der Waals surface area contributed by atoms with Crippen molar-refractivity contribution in [2.24, 2.45) is 5.41 Å². The Morgan fingerprint density at radius 1 is 1.48 bits per heavy atom. The number of carbonyl (C=O) groups excluding carboxylic acids is 1. The molecule has 0 spiro atoms. The zero-order valence-electron chi connectivity index (χ0n) is 12.6. The van der Waals surface area contributed by atoms with Crippen LogP contribution in [0.2, 0.25) is 0 Å². The zero-order valence-corrected chi connectivity index (χ0v) is 13.4. The summed E-state index contributed by atoms with van der Waals surface area (Å²) in [6.07, 6.45) is 4.45. The Morgan fingerprint density at radius 2 is 2.19 bits per heavy atom. The van der Waals surface area contributed by atoms with Crippen LogP contribution in [-0.4, -0.2) is 19.0 Å². The number of nitrogen functional groups attached to an aromatic ring is 1. The van der Waals surface area contributed by atoms with Gasteiger partial charge in [-0.05, 0) is 31.1 Å². The number of anilines is 2. The van der Waals surface area contributed by atoms with Crippen molar-refractivity contribution in [3.05, 3.63) is 10.4 Å². The van der Waals surface area contributed by atoms with Gasteiger partial charge >= 0.3 is 0 Å². The average Bonchev–Trinajstić information content (AvgIpc) is 3.21. The molecule has 0 radical (unpaired) electrons. The highest BCUT2D eigenvalue weighted by Crippen LogP contribution is 2.49. The smallest absolute Gasteiger partial charge is 0.263 e. The van der Waals surface area contributed by atoms with E-state index in [2.05, 4.69) is 23.6 Å². The number of rotatable bonds is 7. The molecule has 1 aromatic heterocycles. The van der Waals surface area contributed by atoms with Gasteiger partial charge in [0.15, 0.2) is 0 Å². The van der Waals surface area contributed by atoms with Crippen molar-refractivity contribution in [2.75, 3.05) is 24.1 Å². The third-order valence-corrected chi connectivity index (χ3v) is 5.29. The van der Waals surface area contributed by atoms with Crippen LogP contribution in [0.25, 0.3) is 0 Å². The number of hydrogen-bond donors (Lipinski definition) is 3. The fraction of sp³-hybridized carbons (Fsp3) is 0.600. The van der Waals surface area contributed by atoms with Gasteiger partial charge in [0, 0.05) is 13.1 Å². The average molecular weight is 306 g/mol. The Labute approximate surface area is 129 Å². The number of amides is 1. The summed E-state index contributed by atoms with van der Waals surface area (Å²) in [4.78, 5) is 12.5. The maximum absolute atomic E-state index is 12.1. The van der Waals surface area contributed by atoms with Gasteiger partial charge in [-0.15, -0.1) is 11.3 Å². The van der Waals surface area contributed by atoms with Crippen molar-refractivity contribution < 1.29 is 4.79 Å². The predicted molar refractivity (Wildman–Crippen MR) is 86.5 cm³/mol. The number of thiophene rings is 1. The van der Waals surface area contributed by atoms with E-state index in [1.807, 2.05) is 6.92 Å². The van der Waals surface area contributed by atoms with Gasteiger partial charge in [0.2, 0.25) is 0 Å². The number of hydrogen-bond acceptors (Lipinski definition) is 5. The van der Waals surface area contributed by atoms with Gasteiger partial charge in [-0.2, -0.15) is 5.26 Å². The Hall–Kier alpha value is -1.74. The molecule has 0 saturated heterocycles. The Bertz CT molecular complexity index is 569. The van der Waals surface area contributed by atoms with E-state index < -0.39 is 0 Å². The minimum atomic E-state index is -0.194.